The van der Waals surface area contributed by atoms with E-state index in [9.17, 15) is 0 Å². The zero-order valence-electron chi connectivity index (χ0n) is 18.1. The molecule has 26 heavy (non-hydrogen) atoms. The van der Waals surface area contributed by atoms with Crippen LogP contribution < -0.4 is 0 Å². The molecule has 4 heteroatoms. The van der Waals surface area contributed by atoms with Crippen LogP contribution in [0, 0.1) is 11.8 Å². The van der Waals surface area contributed by atoms with Gasteiger partial charge in [-0.15, -0.1) is 0 Å². The summed E-state index contributed by atoms with van der Waals surface area (Å²) in [5.74, 6) is 0.274. The average Bonchev–Trinajstić information content (AvgIpc) is 2.89. The van der Waals surface area contributed by atoms with Crippen molar-refractivity contribution in [2.24, 2.45) is 11.8 Å². The Bertz CT molecular complexity index is 447. The smallest absolute Gasteiger partial charge is 0.188 e. The summed E-state index contributed by atoms with van der Waals surface area (Å²) in [6.07, 6.45) is 7.12. The monoisotopic (exact) mass is 368 g/mol. The van der Waals surface area contributed by atoms with E-state index in [-0.39, 0.29) is 23.4 Å². The molecule has 1 aliphatic carbocycles. The quantitative estimate of drug-likeness (QED) is 0.558. The van der Waals surface area contributed by atoms with Gasteiger partial charge in [0, 0.05) is 6.42 Å². The number of hydrogen-bond donors (Lipinski definition) is 0. The van der Waals surface area contributed by atoms with Crippen LogP contribution in [0.5, 0.6) is 0 Å². The fourth-order valence-corrected chi connectivity index (χ4v) is 2.91. The molecule has 1 saturated heterocycles. The van der Waals surface area contributed by atoms with Gasteiger partial charge in [-0.1, -0.05) is 33.8 Å². The van der Waals surface area contributed by atoms with Crippen molar-refractivity contribution < 1.29 is 18.9 Å². The highest BCUT2D eigenvalue weighted by atomic mass is 16.8. The van der Waals surface area contributed by atoms with Crippen LogP contribution >= 0.6 is 0 Å². The Balaban J connectivity index is 2.05. The van der Waals surface area contributed by atoms with Crippen LogP contribution in [0.4, 0.5) is 0 Å². The van der Waals surface area contributed by atoms with E-state index in [0.717, 1.165) is 19.3 Å². The second-order valence-electron chi connectivity index (χ2n) is 9.56. The molecule has 1 heterocycles. The molecule has 0 unspecified atom stereocenters. The van der Waals surface area contributed by atoms with E-state index in [2.05, 4.69) is 67.5 Å². The summed E-state index contributed by atoms with van der Waals surface area (Å²) in [5, 5.41) is 0. The summed E-state index contributed by atoms with van der Waals surface area (Å²) in [7, 11) is 0. The highest BCUT2D eigenvalue weighted by Crippen LogP contribution is 2.38. The second kappa shape index (κ2) is 8.30. The molecular formula is C22H40O4. The van der Waals surface area contributed by atoms with Gasteiger partial charge >= 0.3 is 0 Å². The van der Waals surface area contributed by atoms with Crippen molar-refractivity contribution in [2.75, 3.05) is 13.2 Å². The van der Waals surface area contributed by atoms with Crippen LogP contribution in [0.15, 0.2) is 12.2 Å². The third kappa shape index (κ3) is 5.31. The molecule has 2 aliphatic rings. The number of rotatable bonds is 8. The second-order valence-corrected chi connectivity index (χ2v) is 9.56. The number of hydrogen-bond acceptors (Lipinski definition) is 4. The highest BCUT2D eigenvalue weighted by Gasteiger charge is 2.47. The maximum Gasteiger partial charge on any atom is 0.188 e. The topological polar surface area (TPSA) is 36.9 Å². The molecule has 1 fully saturated rings. The molecule has 0 saturated carbocycles. The lowest BCUT2D eigenvalue weighted by Crippen LogP contribution is -2.41. The Morgan fingerprint density at radius 1 is 0.923 bits per heavy atom. The molecule has 152 valence electrons. The summed E-state index contributed by atoms with van der Waals surface area (Å²) in [5.41, 5.74) is -0.381. The third-order valence-corrected chi connectivity index (χ3v) is 6.40. The first-order chi connectivity index (χ1) is 12.0. The van der Waals surface area contributed by atoms with Crippen molar-refractivity contribution in [3.05, 3.63) is 12.2 Å². The summed E-state index contributed by atoms with van der Waals surface area (Å²) < 4.78 is 25.2. The van der Waals surface area contributed by atoms with Gasteiger partial charge < -0.3 is 18.9 Å². The maximum absolute atomic E-state index is 6.39. The van der Waals surface area contributed by atoms with Crippen molar-refractivity contribution in [2.45, 2.75) is 104 Å². The maximum atomic E-state index is 6.39. The first-order valence-electron chi connectivity index (χ1n) is 10.3. The molecule has 1 aliphatic heterocycles. The molecule has 0 bridgehead atoms. The van der Waals surface area contributed by atoms with Gasteiger partial charge in [-0.3, -0.25) is 0 Å². The van der Waals surface area contributed by atoms with Crippen LogP contribution in [-0.2, 0) is 18.9 Å². The van der Waals surface area contributed by atoms with E-state index in [0.29, 0.717) is 25.0 Å². The minimum absolute atomic E-state index is 0.112. The summed E-state index contributed by atoms with van der Waals surface area (Å²) in [6, 6.07) is 0. The summed E-state index contributed by atoms with van der Waals surface area (Å²) >= 11 is 0. The van der Waals surface area contributed by atoms with Gasteiger partial charge in [0.15, 0.2) is 5.79 Å². The van der Waals surface area contributed by atoms with E-state index < -0.39 is 5.79 Å². The lowest BCUT2D eigenvalue weighted by Gasteiger charge is -2.33. The molecule has 0 aromatic heterocycles. The van der Waals surface area contributed by atoms with Crippen LogP contribution in [0.25, 0.3) is 0 Å². The van der Waals surface area contributed by atoms with Crippen molar-refractivity contribution in [1.29, 1.82) is 0 Å². The van der Waals surface area contributed by atoms with Crippen molar-refractivity contribution in [3.63, 3.8) is 0 Å². The zero-order valence-corrected chi connectivity index (χ0v) is 18.1. The fraction of sp³-hybridized carbons (Fsp3) is 0.909. The Hall–Kier alpha value is -0.420. The highest BCUT2D eigenvalue weighted by molar-refractivity contribution is 5.05. The van der Waals surface area contributed by atoms with Gasteiger partial charge in [-0.2, -0.15) is 0 Å². The third-order valence-electron chi connectivity index (χ3n) is 6.40. The standard InChI is InChI=1S/C22H40O4/c1-16(2)20(5,6)23-14-18-19(15-24-21(7,8)17(3)4)26-22(25-18)12-10-9-11-13-22/h10,12,16-19H,9,11,13-15H2,1-8H3/t18-,19-/m0/s1. The minimum Gasteiger partial charge on any atom is -0.373 e. The normalized spacial score (nSPS) is 26.4. The van der Waals surface area contributed by atoms with E-state index in [1.165, 1.54) is 0 Å². The van der Waals surface area contributed by atoms with Crippen LogP contribution in [0.2, 0.25) is 0 Å². The van der Waals surface area contributed by atoms with Gasteiger partial charge in [0.25, 0.3) is 0 Å². The van der Waals surface area contributed by atoms with E-state index >= 15 is 0 Å². The Kier molecular flexibility index (Phi) is 6.98. The van der Waals surface area contributed by atoms with E-state index in [1.807, 2.05) is 0 Å². The molecule has 0 aromatic rings. The van der Waals surface area contributed by atoms with Gasteiger partial charge in [0.1, 0.15) is 12.2 Å². The zero-order chi connectivity index (χ0) is 19.6. The Morgan fingerprint density at radius 3 is 1.73 bits per heavy atom. The Morgan fingerprint density at radius 2 is 1.38 bits per heavy atom. The molecule has 1 spiro atoms. The minimum atomic E-state index is -0.593. The first kappa shape index (κ1) is 21.9. The molecule has 0 N–H and O–H groups in total. The summed E-state index contributed by atoms with van der Waals surface area (Å²) in [6.45, 7) is 18.3. The lowest BCUT2D eigenvalue weighted by atomic mass is 9.94. The average molecular weight is 369 g/mol. The molecule has 0 aromatic carbocycles. The van der Waals surface area contributed by atoms with Gasteiger partial charge in [-0.25, -0.2) is 0 Å². The fourth-order valence-electron chi connectivity index (χ4n) is 2.91. The van der Waals surface area contributed by atoms with Crippen LogP contribution in [0.3, 0.4) is 0 Å². The van der Waals surface area contributed by atoms with Crippen molar-refractivity contribution in [1.82, 2.24) is 0 Å². The van der Waals surface area contributed by atoms with Gasteiger partial charge in [-0.05, 0) is 58.4 Å². The van der Waals surface area contributed by atoms with Gasteiger partial charge in [0.2, 0.25) is 0 Å². The predicted octanol–water partition coefficient (Wildman–Crippen LogP) is 5.11. The van der Waals surface area contributed by atoms with Crippen LogP contribution in [0.1, 0.15) is 74.7 Å². The lowest BCUT2D eigenvalue weighted by molar-refractivity contribution is -0.163. The molecule has 4 nitrogen and oxygen atoms in total. The molecule has 2 atom stereocenters. The van der Waals surface area contributed by atoms with Crippen molar-refractivity contribution in [3.8, 4) is 0 Å². The van der Waals surface area contributed by atoms with Crippen molar-refractivity contribution >= 4 is 0 Å². The largest absolute Gasteiger partial charge is 0.373 e. The van der Waals surface area contributed by atoms with E-state index in [4.69, 9.17) is 18.9 Å². The SMILES string of the molecule is CC(C)C(C)(C)OC[C@@H]1OC2(C=CCCC2)O[C@H]1COC(C)(C)C(C)C. The van der Waals surface area contributed by atoms with E-state index in [1.54, 1.807) is 0 Å². The van der Waals surface area contributed by atoms with Crippen LogP contribution in [-0.4, -0.2) is 42.4 Å². The molecule has 0 radical (unpaired) electrons. The van der Waals surface area contributed by atoms with Gasteiger partial charge in [0.05, 0.1) is 24.4 Å². The predicted molar refractivity (Wildman–Crippen MR) is 105 cm³/mol. The number of ether oxygens (including phenoxy) is 4. The molecule has 2 rings (SSSR count). The molecular weight excluding hydrogens is 328 g/mol. The molecule has 0 amide bonds. The summed E-state index contributed by atoms with van der Waals surface area (Å²) in [4.78, 5) is 0. The first-order valence-corrected chi connectivity index (χ1v) is 10.3. The number of allylic oxidation sites excluding steroid dienone is 1. The Labute approximate surface area is 160 Å².